The highest BCUT2D eigenvalue weighted by Gasteiger charge is 2.29. The number of anilines is 1. The molecule has 9 heteroatoms. The molecule has 1 aromatic heterocycles. The van der Waals surface area contributed by atoms with Gasteiger partial charge in [0.15, 0.2) is 5.13 Å². The Hall–Kier alpha value is -3.72. The zero-order chi connectivity index (χ0) is 32.5. The van der Waals surface area contributed by atoms with Gasteiger partial charge in [0.2, 0.25) is 11.8 Å². The van der Waals surface area contributed by atoms with Gasteiger partial charge in [0.05, 0.1) is 5.69 Å². The molecule has 0 aromatic carbocycles. The van der Waals surface area contributed by atoms with Gasteiger partial charge in [-0.05, 0) is 64.2 Å². The van der Waals surface area contributed by atoms with Crippen LogP contribution in [0.3, 0.4) is 0 Å². The molecular formula is C36H52N4O4S. The van der Waals surface area contributed by atoms with Crippen LogP contribution in [0, 0.1) is 0 Å². The average Bonchev–Trinajstić information content (AvgIpc) is 3.42. The van der Waals surface area contributed by atoms with Gasteiger partial charge in [-0.3, -0.25) is 9.59 Å². The first-order valence-corrected chi connectivity index (χ1v) is 17.2. The molecule has 246 valence electrons. The lowest BCUT2D eigenvalue weighted by molar-refractivity contribution is -0.121. The summed E-state index contributed by atoms with van der Waals surface area (Å²) in [5, 5.41) is 15.7. The van der Waals surface area contributed by atoms with E-state index in [4.69, 9.17) is 0 Å². The van der Waals surface area contributed by atoms with E-state index in [0.29, 0.717) is 37.4 Å². The Kier molecular flexibility index (Phi) is 19.7. The molecule has 2 rings (SSSR count). The zero-order valence-electron chi connectivity index (χ0n) is 27.1. The highest BCUT2D eigenvalue weighted by molar-refractivity contribution is 7.15. The van der Waals surface area contributed by atoms with Gasteiger partial charge < -0.3 is 20.6 Å². The third-order valence-corrected chi connectivity index (χ3v) is 8.16. The van der Waals surface area contributed by atoms with Crippen molar-refractivity contribution in [2.24, 2.45) is 0 Å². The Bertz CT molecular complexity index is 1210. The number of thiazole rings is 1. The van der Waals surface area contributed by atoms with Crippen LogP contribution in [0.1, 0.15) is 95.0 Å². The molecule has 45 heavy (non-hydrogen) atoms. The number of fused-ring (bicyclic) bond motifs is 1. The van der Waals surface area contributed by atoms with Crippen molar-refractivity contribution < 1.29 is 19.5 Å². The summed E-state index contributed by atoms with van der Waals surface area (Å²) in [6.07, 6.45) is 34.8. The lowest BCUT2D eigenvalue weighted by Gasteiger charge is -2.31. The van der Waals surface area contributed by atoms with Gasteiger partial charge in [-0.1, -0.05) is 86.8 Å². The molecule has 0 fully saturated rings. The molecule has 0 aliphatic heterocycles. The van der Waals surface area contributed by atoms with E-state index in [1.54, 1.807) is 0 Å². The Morgan fingerprint density at radius 3 is 1.98 bits per heavy atom. The van der Waals surface area contributed by atoms with Crippen LogP contribution in [0.5, 0.6) is 0 Å². The molecular weight excluding hydrogens is 584 g/mol. The van der Waals surface area contributed by atoms with E-state index in [2.05, 4.69) is 89.4 Å². The van der Waals surface area contributed by atoms with E-state index in [1.165, 1.54) is 16.2 Å². The van der Waals surface area contributed by atoms with Crippen LogP contribution in [0.25, 0.3) is 0 Å². The predicted octanol–water partition coefficient (Wildman–Crippen LogP) is 8.31. The predicted molar refractivity (Wildman–Crippen MR) is 187 cm³/mol. The van der Waals surface area contributed by atoms with Crippen LogP contribution in [-0.2, 0) is 22.4 Å². The molecule has 0 spiro atoms. The maximum atomic E-state index is 12.4. The molecule has 0 unspecified atom stereocenters. The molecule has 0 radical (unpaired) electrons. The first-order valence-electron chi connectivity index (χ1n) is 16.4. The third kappa shape index (κ3) is 16.8. The molecule has 0 saturated heterocycles. The summed E-state index contributed by atoms with van der Waals surface area (Å²) in [6.45, 7) is 4.91. The summed E-state index contributed by atoms with van der Waals surface area (Å²) in [5.41, 5.74) is 0.941. The van der Waals surface area contributed by atoms with Gasteiger partial charge in [-0.2, -0.15) is 0 Å². The molecule has 1 heterocycles. The first kappa shape index (κ1) is 37.5. The molecule has 1 aliphatic carbocycles. The largest absolute Gasteiger partial charge is 0.465 e. The van der Waals surface area contributed by atoms with Crippen molar-refractivity contribution in [1.29, 1.82) is 0 Å². The van der Waals surface area contributed by atoms with Crippen molar-refractivity contribution in [3.05, 3.63) is 83.5 Å². The van der Waals surface area contributed by atoms with E-state index in [-0.39, 0.29) is 30.8 Å². The number of hydrogen-bond donors (Lipinski definition) is 3. The van der Waals surface area contributed by atoms with E-state index >= 15 is 0 Å². The minimum Gasteiger partial charge on any atom is -0.465 e. The standard InChI is InChI=1S/C36H52N4O4S/c1-3-5-6-7-8-9-10-11-12-13-14-15-16-17-18-19-20-21-22-23-33(41)37-27-26-34(42)39-35-38-31-25-24-30(29-32(31)45-35)40(28-4-2)36(43)44/h5-6,8-9,11-12,14-15,17-18,20-21,30H,3-4,7,10,13,16,19,22-29H2,1-2H3,(H,37,41)(H,43,44)(H,38,39,42)/b6-5-,9-8-,12-11-,15-14-,18-17-,21-20-/t30-/m1/s1. The minimum absolute atomic E-state index is 0.0536. The Labute approximate surface area is 273 Å². The van der Waals surface area contributed by atoms with Gasteiger partial charge >= 0.3 is 6.09 Å². The van der Waals surface area contributed by atoms with Crippen molar-refractivity contribution in [2.75, 3.05) is 18.4 Å². The van der Waals surface area contributed by atoms with Gasteiger partial charge in [0.25, 0.3) is 0 Å². The SMILES string of the molecule is CC/C=C\C/C=C\C/C=C\C/C=C\C/C=C\C/C=C\CCC(=O)NCCC(=O)Nc1nc2c(s1)C[C@H](N(CCC)C(=O)O)CC2. The third-order valence-electron chi connectivity index (χ3n) is 7.12. The van der Waals surface area contributed by atoms with E-state index in [9.17, 15) is 19.5 Å². The number of carbonyl (C=O) groups excluding carboxylic acids is 2. The second-order valence-electron chi connectivity index (χ2n) is 10.9. The van der Waals surface area contributed by atoms with Gasteiger partial charge in [-0.15, -0.1) is 11.3 Å². The van der Waals surface area contributed by atoms with Crippen molar-refractivity contribution in [2.45, 2.75) is 103 Å². The number of aromatic nitrogens is 1. The monoisotopic (exact) mass is 636 g/mol. The molecule has 3 amide bonds. The van der Waals surface area contributed by atoms with Crippen LogP contribution in [-0.4, -0.2) is 52.0 Å². The zero-order valence-corrected chi connectivity index (χ0v) is 27.9. The van der Waals surface area contributed by atoms with Crippen molar-refractivity contribution in [1.82, 2.24) is 15.2 Å². The number of rotatable bonds is 21. The van der Waals surface area contributed by atoms with E-state index in [1.807, 2.05) is 13.0 Å². The van der Waals surface area contributed by atoms with E-state index in [0.717, 1.165) is 61.9 Å². The fourth-order valence-corrected chi connectivity index (χ4v) is 5.89. The van der Waals surface area contributed by atoms with Crippen LogP contribution >= 0.6 is 11.3 Å². The summed E-state index contributed by atoms with van der Waals surface area (Å²) < 4.78 is 0. The lowest BCUT2D eigenvalue weighted by atomic mass is 9.96. The number of carboxylic acid groups (broad SMARTS) is 1. The number of carbonyl (C=O) groups is 3. The first-order chi connectivity index (χ1) is 21.9. The fourth-order valence-electron chi connectivity index (χ4n) is 4.79. The highest BCUT2D eigenvalue weighted by Crippen LogP contribution is 2.32. The van der Waals surface area contributed by atoms with Crippen LogP contribution in [0.15, 0.2) is 72.9 Å². The second kappa shape index (κ2) is 23.6. The molecule has 0 bridgehead atoms. The molecule has 1 aromatic rings. The number of nitrogens with one attached hydrogen (secondary N) is 2. The van der Waals surface area contributed by atoms with E-state index < -0.39 is 6.09 Å². The number of aryl methyl sites for hydroxylation is 1. The van der Waals surface area contributed by atoms with Gasteiger partial charge in [0, 0.05) is 43.3 Å². The highest BCUT2D eigenvalue weighted by atomic mass is 32.1. The fraction of sp³-hybridized carbons (Fsp3) is 0.500. The van der Waals surface area contributed by atoms with Crippen molar-refractivity contribution >= 4 is 34.4 Å². The summed E-state index contributed by atoms with van der Waals surface area (Å²) in [4.78, 5) is 43.2. The summed E-state index contributed by atoms with van der Waals surface area (Å²) in [6, 6.07) is -0.0536. The Morgan fingerprint density at radius 1 is 0.844 bits per heavy atom. The Morgan fingerprint density at radius 2 is 1.42 bits per heavy atom. The number of allylic oxidation sites excluding steroid dienone is 12. The number of amides is 3. The summed E-state index contributed by atoms with van der Waals surface area (Å²) in [7, 11) is 0. The topological polar surface area (TPSA) is 112 Å². The second-order valence-corrected chi connectivity index (χ2v) is 11.9. The Balaban J connectivity index is 1.51. The molecule has 0 saturated carbocycles. The minimum atomic E-state index is -0.886. The van der Waals surface area contributed by atoms with Gasteiger partial charge in [-0.25, -0.2) is 9.78 Å². The van der Waals surface area contributed by atoms with Crippen molar-refractivity contribution in [3.8, 4) is 0 Å². The average molecular weight is 637 g/mol. The van der Waals surface area contributed by atoms with Crippen LogP contribution in [0.2, 0.25) is 0 Å². The molecule has 1 atom stereocenters. The molecule has 8 nitrogen and oxygen atoms in total. The quantitative estimate of drug-likeness (QED) is 0.118. The number of hydrogen-bond acceptors (Lipinski definition) is 5. The molecule has 3 N–H and O–H groups in total. The smallest absolute Gasteiger partial charge is 0.407 e. The normalized spacial score (nSPS) is 15.3. The molecule has 1 aliphatic rings. The van der Waals surface area contributed by atoms with Crippen molar-refractivity contribution in [3.63, 3.8) is 0 Å². The van der Waals surface area contributed by atoms with Crippen LogP contribution < -0.4 is 10.6 Å². The maximum absolute atomic E-state index is 12.4. The summed E-state index contributed by atoms with van der Waals surface area (Å²) in [5.74, 6) is -0.277. The lowest BCUT2D eigenvalue weighted by Crippen LogP contribution is -2.42. The number of nitrogens with zero attached hydrogens (tertiary/aromatic N) is 2. The van der Waals surface area contributed by atoms with Crippen LogP contribution in [0.4, 0.5) is 9.93 Å². The summed E-state index contributed by atoms with van der Waals surface area (Å²) >= 11 is 1.41. The maximum Gasteiger partial charge on any atom is 0.407 e. The van der Waals surface area contributed by atoms with Gasteiger partial charge in [0.1, 0.15) is 0 Å².